The van der Waals surface area contributed by atoms with Gasteiger partial charge in [0.2, 0.25) is 0 Å². The van der Waals surface area contributed by atoms with Crippen LogP contribution in [0.1, 0.15) is 19.8 Å². The smallest absolute Gasteiger partial charge is 0.172 e. The van der Waals surface area contributed by atoms with Crippen molar-refractivity contribution in [3.8, 4) is 0 Å². The third kappa shape index (κ3) is 2.17. The summed E-state index contributed by atoms with van der Waals surface area (Å²) in [6.07, 6.45) is 1.66. The minimum absolute atomic E-state index is 0.00926. The van der Waals surface area contributed by atoms with E-state index in [4.69, 9.17) is 20.9 Å². The Hall–Kier alpha value is -0.160. The highest BCUT2D eigenvalue weighted by Crippen LogP contribution is 2.20. The number of nitrogens with two attached hydrogens (primary N) is 2. The Balaban J connectivity index is 2.44. The van der Waals surface area contributed by atoms with Crippen molar-refractivity contribution in [3.63, 3.8) is 0 Å². The number of rotatable bonds is 2. The summed E-state index contributed by atoms with van der Waals surface area (Å²) >= 11 is 0. The fourth-order valence-corrected chi connectivity index (χ4v) is 1.45. The average Bonchev–Trinajstić information content (AvgIpc) is 2.05. The highest BCUT2D eigenvalue weighted by molar-refractivity contribution is 4.80. The number of hydrogen-bond acceptors (Lipinski definition) is 4. The third-order valence-electron chi connectivity index (χ3n) is 2.26. The van der Waals surface area contributed by atoms with Gasteiger partial charge in [0.25, 0.3) is 0 Å². The quantitative estimate of drug-likeness (QED) is 0.609. The molecule has 4 nitrogen and oxygen atoms in total. The summed E-state index contributed by atoms with van der Waals surface area (Å²) in [5.41, 5.74) is 11.5. The number of ether oxygens (including phenoxy) is 2. The van der Waals surface area contributed by atoms with Crippen molar-refractivity contribution in [2.75, 3.05) is 7.11 Å². The van der Waals surface area contributed by atoms with Gasteiger partial charge in [-0.05, 0) is 19.8 Å². The Morgan fingerprint density at radius 3 is 2.67 bits per heavy atom. The summed E-state index contributed by atoms with van der Waals surface area (Å²) in [7, 11) is 1.61. The molecule has 4 N–H and O–H groups in total. The fraction of sp³-hybridized carbons (Fsp3) is 1.00. The van der Waals surface area contributed by atoms with E-state index in [2.05, 4.69) is 0 Å². The zero-order valence-electron chi connectivity index (χ0n) is 7.69. The standard InChI is InChI=1S/C8H18N2O2/c1-5(9)7-4-3-6(10)8(11-2)12-7/h5-8H,3-4,9-10H2,1-2H3/t5?,6?,7?,8-/m0/s1. The molecule has 0 spiro atoms. The number of hydrogen-bond donors (Lipinski definition) is 2. The zero-order chi connectivity index (χ0) is 9.14. The highest BCUT2D eigenvalue weighted by Gasteiger charge is 2.30. The summed E-state index contributed by atoms with van der Waals surface area (Å²) in [6.45, 7) is 1.94. The van der Waals surface area contributed by atoms with Gasteiger partial charge in [-0.3, -0.25) is 0 Å². The molecule has 0 amide bonds. The van der Waals surface area contributed by atoms with Crippen molar-refractivity contribution in [3.05, 3.63) is 0 Å². The Morgan fingerprint density at radius 2 is 2.17 bits per heavy atom. The van der Waals surface area contributed by atoms with Crippen molar-refractivity contribution < 1.29 is 9.47 Å². The predicted octanol–water partition coefficient (Wildman–Crippen LogP) is -0.188. The van der Waals surface area contributed by atoms with E-state index in [1.165, 1.54) is 0 Å². The summed E-state index contributed by atoms with van der Waals surface area (Å²) in [4.78, 5) is 0. The zero-order valence-corrected chi connectivity index (χ0v) is 7.69. The summed E-state index contributed by atoms with van der Waals surface area (Å²) < 4.78 is 10.6. The lowest BCUT2D eigenvalue weighted by Gasteiger charge is -2.35. The second-order valence-corrected chi connectivity index (χ2v) is 3.38. The van der Waals surface area contributed by atoms with Gasteiger partial charge in [-0.2, -0.15) is 0 Å². The molecule has 1 saturated heterocycles. The van der Waals surface area contributed by atoms with Crippen LogP contribution in [0.2, 0.25) is 0 Å². The van der Waals surface area contributed by atoms with Crippen LogP contribution in [0.25, 0.3) is 0 Å². The minimum atomic E-state index is -0.283. The van der Waals surface area contributed by atoms with Crippen LogP contribution in [0.15, 0.2) is 0 Å². The molecule has 4 atom stereocenters. The Kier molecular flexibility index (Phi) is 3.46. The van der Waals surface area contributed by atoms with Crippen molar-refractivity contribution in [2.24, 2.45) is 11.5 Å². The molecule has 0 aromatic carbocycles. The highest BCUT2D eigenvalue weighted by atomic mass is 16.7. The molecule has 1 aliphatic heterocycles. The lowest BCUT2D eigenvalue weighted by Crippen LogP contribution is -2.49. The molecule has 0 bridgehead atoms. The van der Waals surface area contributed by atoms with Gasteiger partial charge in [0.1, 0.15) is 0 Å². The minimum Gasteiger partial charge on any atom is -0.354 e. The molecule has 1 heterocycles. The fourth-order valence-electron chi connectivity index (χ4n) is 1.45. The van der Waals surface area contributed by atoms with Crippen molar-refractivity contribution >= 4 is 0 Å². The van der Waals surface area contributed by atoms with Crippen LogP contribution in [-0.2, 0) is 9.47 Å². The maximum absolute atomic E-state index is 5.76. The van der Waals surface area contributed by atoms with Crippen LogP contribution in [0.5, 0.6) is 0 Å². The van der Waals surface area contributed by atoms with Gasteiger partial charge in [0, 0.05) is 13.2 Å². The Labute approximate surface area is 73.2 Å². The number of methoxy groups -OCH3 is 1. The van der Waals surface area contributed by atoms with E-state index in [9.17, 15) is 0 Å². The molecule has 1 rings (SSSR count). The second kappa shape index (κ2) is 4.18. The topological polar surface area (TPSA) is 70.5 Å². The maximum atomic E-state index is 5.76. The third-order valence-corrected chi connectivity index (χ3v) is 2.26. The van der Waals surface area contributed by atoms with Crippen LogP contribution in [-0.4, -0.2) is 31.6 Å². The van der Waals surface area contributed by atoms with E-state index in [-0.39, 0.29) is 24.5 Å². The molecule has 1 aliphatic rings. The molecule has 3 unspecified atom stereocenters. The van der Waals surface area contributed by atoms with E-state index in [0.29, 0.717) is 0 Å². The van der Waals surface area contributed by atoms with E-state index in [1.807, 2.05) is 6.92 Å². The normalized spacial score (nSPS) is 39.5. The first-order valence-corrected chi connectivity index (χ1v) is 4.34. The van der Waals surface area contributed by atoms with Gasteiger partial charge in [0.15, 0.2) is 6.29 Å². The van der Waals surface area contributed by atoms with Crippen LogP contribution in [0.4, 0.5) is 0 Å². The maximum Gasteiger partial charge on any atom is 0.172 e. The van der Waals surface area contributed by atoms with Crippen molar-refractivity contribution in [1.29, 1.82) is 0 Å². The molecular formula is C8H18N2O2. The first kappa shape index (κ1) is 9.92. The van der Waals surface area contributed by atoms with E-state index >= 15 is 0 Å². The van der Waals surface area contributed by atoms with Crippen LogP contribution < -0.4 is 11.5 Å². The second-order valence-electron chi connectivity index (χ2n) is 3.38. The van der Waals surface area contributed by atoms with E-state index in [1.54, 1.807) is 7.11 Å². The van der Waals surface area contributed by atoms with Gasteiger partial charge in [0.05, 0.1) is 12.1 Å². The van der Waals surface area contributed by atoms with Gasteiger partial charge in [-0.25, -0.2) is 0 Å². The van der Waals surface area contributed by atoms with Gasteiger partial charge < -0.3 is 20.9 Å². The van der Waals surface area contributed by atoms with Crippen molar-refractivity contribution in [2.45, 2.75) is 44.2 Å². The largest absolute Gasteiger partial charge is 0.354 e. The van der Waals surface area contributed by atoms with Crippen LogP contribution in [0.3, 0.4) is 0 Å². The lowest BCUT2D eigenvalue weighted by molar-refractivity contribution is -0.192. The first-order chi connectivity index (χ1) is 5.65. The molecule has 12 heavy (non-hydrogen) atoms. The molecule has 72 valence electrons. The molecule has 4 heteroatoms. The SMILES string of the molecule is CO[C@H]1OC(C(C)N)CCC1N. The monoisotopic (exact) mass is 174 g/mol. The average molecular weight is 174 g/mol. The van der Waals surface area contributed by atoms with Crippen molar-refractivity contribution in [1.82, 2.24) is 0 Å². The molecule has 0 aromatic heterocycles. The predicted molar refractivity (Wildman–Crippen MR) is 46.5 cm³/mol. The summed E-state index contributed by atoms with van der Waals surface area (Å²) in [5.74, 6) is 0. The summed E-state index contributed by atoms with van der Waals surface area (Å²) in [5, 5.41) is 0. The van der Waals surface area contributed by atoms with Crippen LogP contribution >= 0.6 is 0 Å². The molecule has 0 aromatic rings. The first-order valence-electron chi connectivity index (χ1n) is 4.34. The molecule has 0 aliphatic carbocycles. The van der Waals surface area contributed by atoms with Gasteiger partial charge >= 0.3 is 0 Å². The van der Waals surface area contributed by atoms with Crippen LogP contribution in [0, 0.1) is 0 Å². The molecule has 0 radical (unpaired) electrons. The lowest BCUT2D eigenvalue weighted by atomic mass is 10.0. The van der Waals surface area contributed by atoms with E-state index in [0.717, 1.165) is 12.8 Å². The Morgan fingerprint density at radius 1 is 1.50 bits per heavy atom. The summed E-state index contributed by atoms with van der Waals surface area (Å²) in [6, 6.07) is 0.0418. The molecular weight excluding hydrogens is 156 g/mol. The van der Waals surface area contributed by atoms with Gasteiger partial charge in [-0.15, -0.1) is 0 Å². The molecule has 0 saturated carbocycles. The van der Waals surface area contributed by atoms with Gasteiger partial charge in [-0.1, -0.05) is 0 Å². The molecule has 1 fully saturated rings. The van der Waals surface area contributed by atoms with E-state index < -0.39 is 0 Å². The Bertz CT molecular complexity index is 141.